The van der Waals surface area contributed by atoms with Gasteiger partial charge in [0.1, 0.15) is 33.7 Å². The number of rotatable bonds is 14. The Balaban J connectivity index is -0.000000766. The first-order valence-electron chi connectivity index (χ1n) is 26.4. The van der Waals surface area contributed by atoms with E-state index in [1.807, 2.05) is 39.3 Å². The monoisotopic (exact) mass is 1090 g/mol. The van der Waals surface area contributed by atoms with Crippen LogP contribution in [0.15, 0.2) is 152 Å². The molecule has 0 saturated heterocycles. The van der Waals surface area contributed by atoms with E-state index in [1.165, 1.54) is 57.7 Å². The largest absolute Gasteiger partial charge is 0.351 e. The van der Waals surface area contributed by atoms with Crippen molar-refractivity contribution in [3.8, 4) is 0 Å². The molecule has 0 aliphatic carbocycles. The number of aryl methyl sites for hydroxylation is 1. The average Bonchev–Trinajstić information content (AvgIpc) is 3.34. The number of nitrogens with two attached hydrogens (primary N) is 1. The van der Waals surface area contributed by atoms with E-state index >= 15 is 0 Å². The second-order valence-corrected chi connectivity index (χ2v) is 53.9. The molecule has 71 heavy (non-hydrogen) atoms. The Labute approximate surface area is 449 Å². The van der Waals surface area contributed by atoms with Crippen LogP contribution in [0.1, 0.15) is 38.7 Å². The van der Waals surface area contributed by atoms with Gasteiger partial charge in [0.15, 0.2) is 16.5 Å². The molecular weight excluding hydrogens is 977 g/mol. The van der Waals surface area contributed by atoms with Crippen LogP contribution in [-0.4, -0.2) is 93.4 Å². The zero-order valence-electron chi connectivity index (χ0n) is 50.1. The van der Waals surface area contributed by atoms with Crippen LogP contribution in [0.25, 0.3) is 0 Å². The Hall–Kier alpha value is -2.62. The molecule has 5 aromatic rings. The van der Waals surface area contributed by atoms with E-state index in [9.17, 15) is 0 Å². The summed E-state index contributed by atoms with van der Waals surface area (Å²) in [5, 5.41) is 11.3. The highest BCUT2D eigenvalue weighted by Gasteiger charge is 2.29. The highest BCUT2D eigenvalue weighted by molar-refractivity contribution is 6.99. The molecule has 1 unspecified atom stereocenters. The first-order valence-corrected chi connectivity index (χ1v) is 48.2. The normalized spacial score (nSPS) is 11.6. The molecule has 0 aliphatic heterocycles. The zero-order chi connectivity index (χ0) is 55.2. The van der Waals surface area contributed by atoms with Crippen molar-refractivity contribution in [1.82, 2.24) is 24.9 Å². The first-order chi connectivity index (χ1) is 32.9. The summed E-state index contributed by atoms with van der Waals surface area (Å²) in [5.41, 5.74) is 1.32. The van der Waals surface area contributed by atoms with E-state index in [0.29, 0.717) is 0 Å². The molecule has 0 heterocycles. The van der Waals surface area contributed by atoms with Crippen LogP contribution in [-0.2, 0) is 0 Å². The molecule has 0 aliphatic rings. The predicted octanol–water partition coefficient (Wildman–Crippen LogP) is 12.1. The molecule has 0 aromatic heterocycles. The Bertz CT molecular complexity index is 1880. The standard InChI is InChI=1S/C14H17NSi.C9H15NSi.C8H13NSi.C7H19NSi.C7H8.C6H16Si.C4H13NSi.C3H11NSi/c1-15-16(2,13-9-5-3-6-10-13)14-11-7-4-8-12-14;1-10-11(2,3)9-7-5-4-6-8-9;1-9-10(2)8-6-4-3-5-7-8;1-5-6-7-9(3,4)8-2;1-7-5-3-2-4-6-7;1-5-6-7(2,3)4;1-5-6(2,3)4;1-5(2,3)4/h3-12,15H,1-2H3;4-8,10H,1-3H3;3-7,9-10H,1-2H3;8H,5-7H2,1-4H3;2-6H,1H3;5-6H2,1-4H3;5H,1-4H3;4H2,1-3H3. The van der Waals surface area contributed by atoms with Gasteiger partial charge in [-0.15, -0.1) is 0 Å². The molecule has 7 N–H and O–H groups in total. The van der Waals surface area contributed by atoms with E-state index in [4.69, 9.17) is 5.40 Å². The Morgan fingerprint density at radius 1 is 0.437 bits per heavy atom. The van der Waals surface area contributed by atoms with Gasteiger partial charge in [0, 0.05) is 8.07 Å². The Morgan fingerprint density at radius 3 is 1.00 bits per heavy atom. The quantitative estimate of drug-likeness (QED) is 0.0622. The molecule has 0 fully saturated rings. The van der Waals surface area contributed by atoms with Gasteiger partial charge in [0.2, 0.25) is 0 Å². The maximum atomic E-state index is 5.49. The molecule has 6 nitrogen and oxygen atoms in total. The number of nitrogens with one attached hydrogen (secondary N) is 5. The minimum atomic E-state index is -1.73. The second-order valence-electron chi connectivity index (χ2n) is 22.8. The van der Waals surface area contributed by atoms with Gasteiger partial charge in [-0.2, -0.15) is 0 Å². The lowest BCUT2D eigenvalue weighted by Crippen LogP contribution is -2.65. The highest BCUT2D eigenvalue weighted by atomic mass is 28.3. The molecule has 5 rings (SSSR count). The lowest BCUT2D eigenvalue weighted by Gasteiger charge is -2.27. The molecule has 0 radical (unpaired) electrons. The number of benzene rings is 5. The van der Waals surface area contributed by atoms with Crippen molar-refractivity contribution in [3.05, 3.63) is 157 Å². The third kappa shape index (κ3) is 42.4. The maximum absolute atomic E-state index is 5.49. The third-order valence-corrected chi connectivity index (χ3v) is 27.3. The zero-order valence-corrected chi connectivity index (χ0v) is 57.3. The molecular formula is C58H112N6Si7. The summed E-state index contributed by atoms with van der Waals surface area (Å²) < 4.78 is 0. The van der Waals surface area contributed by atoms with Gasteiger partial charge in [-0.25, -0.2) is 0 Å². The number of hydrogen-bond donors (Lipinski definition) is 6. The van der Waals surface area contributed by atoms with Crippen molar-refractivity contribution in [3.63, 3.8) is 0 Å². The molecule has 1 atom stereocenters. The van der Waals surface area contributed by atoms with Crippen molar-refractivity contribution in [2.45, 2.75) is 150 Å². The number of unbranched alkanes of at least 4 members (excludes halogenated alkanes) is 1. The van der Waals surface area contributed by atoms with Crippen LogP contribution in [0.5, 0.6) is 0 Å². The summed E-state index contributed by atoms with van der Waals surface area (Å²) in [5.74, 6) is 0. The lowest BCUT2D eigenvalue weighted by molar-refractivity contribution is 0.854. The van der Waals surface area contributed by atoms with Crippen LogP contribution >= 0.6 is 0 Å². The summed E-state index contributed by atoms with van der Waals surface area (Å²) in [4.78, 5) is 16.9. The van der Waals surface area contributed by atoms with Crippen molar-refractivity contribution < 1.29 is 0 Å². The Morgan fingerprint density at radius 2 is 0.775 bits per heavy atom. The molecule has 0 spiro atoms. The van der Waals surface area contributed by atoms with E-state index in [1.54, 1.807) is 0 Å². The lowest BCUT2D eigenvalue weighted by atomic mass is 10.2. The number of hydrogen-bond acceptors (Lipinski definition) is 6. The van der Waals surface area contributed by atoms with E-state index in [0.717, 1.165) is 0 Å². The molecule has 402 valence electrons. The van der Waals surface area contributed by atoms with E-state index < -0.39 is 58.2 Å². The summed E-state index contributed by atoms with van der Waals surface area (Å²) >= 11 is 0. The minimum Gasteiger partial charge on any atom is -0.351 e. The average molecular weight is 1090 g/mol. The van der Waals surface area contributed by atoms with Crippen molar-refractivity contribution in [1.29, 1.82) is 0 Å². The van der Waals surface area contributed by atoms with E-state index in [-0.39, 0.29) is 0 Å². The topological polar surface area (TPSA) is 86.2 Å². The minimum absolute atomic E-state index is 0.657. The highest BCUT2D eigenvalue weighted by Crippen LogP contribution is 2.10. The fraction of sp³-hybridized carbons (Fsp3) is 0.483. The summed E-state index contributed by atoms with van der Waals surface area (Å²) in [6.07, 6.45) is 4.09. The van der Waals surface area contributed by atoms with Gasteiger partial charge in [0.05, 0.1) is 0 Å². The van der Waals surface area contributed by atoms with E-state index in [2.05, 4.69) is 291 Å². The van der Waals surface area contributed by atoms with Gasteiger partial charge in [-0.1, -0.05) is 288 Å². The van der Waals surface area contributed by atoms with Crippen LogP contribution in [0.2, 0.25) is 110 Å². The fourth-order valence-corrected chi connectivity index (χ4v) is 14.0. The van der Waals surface area contributed by atoms with Gasteiger partial charge in [-0.05, 0) is 75.5 Å². The third-order valence-electron chi connectivity index (χ3n) is 11.6. The van der Waals surface area contributed by atoms with Gasteiger partial charge in [-0.3, -0.25) is 0 Å². The van der Waals surface area contributed by atoms with Gasteiger partial charge < -0.3 is 30.3 Å². The first kappa shape index (κ1) is 72.6. The molecule has 0 bridgehead atoms. The maximum Gasteiger partial charge on any atom is 0.186 e. The molecule has 13 heteroatoms. The second kappa shape index (κ2) is 39.8. The Kier molecular flexibility index (Phi) is 40.7. The van der Waals surface area contributed by atoms with Gasteiger partial charge >= 0.3 is 0 Å². The van der Waals surface area contributed by atoms with Crippen LogP contribution in [0.4, 0.5) is 0 Å². The molecule has 5 aromatic carbocycles. The fourth-order valence-electron chi connectivity index (χ4n) is 5.93. The van der Waals surface area contributed by atoms with Crippen molar-refractivity contribution >= 4 is 79.0 Å². The molecule has 0 amide bonds. The van der Waals surface area contributed by atoms with Crippen LogP contribution in [0.3, 0.4) is 0 Å². The molecule has 0 saturated carbocycles. The van der Waals surface area contributed by atoms with Crippen LogP contribution < -0.4 is 51.1 Å². The summed E-state index contributed by atoms with van der Waals surface area (Å²) in [6, 6.07) is 55.9. The summed E-state index contributed by atoms with van der Waals surface area (Å²) in [7, 11) is 2.82. The van der Waals surface area contributed by atoms with Crippen molar-refractivity contribution in [2.24, 2.45) is 5.40 Å². The summed E-state index contributed by atoms with van der Waals surface area (Å²) in [6.45, 7) is 41.0. The predicted molar refractivity (Wildman–Crippen MR) is 349 cm³/mol. The van der Waals surface area contributed by atoms with Crippen LogP contribution in [0, 0.1) is 6.92 Å². The SMILES string of the molecule is CCCC[Si](C)(C)NC.CCC[Si](C)(C)C.CN[SiH](C)c1ccccc1.CN[Si](C)(C)C.CN[Si](C)(C)c1ccccc1.CN[Si](C)(c1ccccc1)c1ccccc1.C[Si](C)(C)N.Cc1ccccc1. The smallest absolute Gasteiger partial charge is 0.186 e. The van der Waals surface area contributed by atoms with Crippen molar-refractivity contribution in [2.75, 3.05) is 35.2 Å². The van der Waals surface area contributed by atoms with Gasteiger partial charge in [0.25, 0.3) is 0 Å².